The standard InChI is InChI=1S/C18H27N3O2/c1-13-5-4-6-17(19-13)20-9-7-16(8-10-20)18(22)21-11-14(2)23-15(3)12-21/h4-6,14-16H,7-12H2,1-3H3/t14-,15-/m1/s1. The number of nitrogens with zero attached hydrogens (tertiary/aromatic N) is 3. The summed E-state index contributed by atoms with van der Waals surface area (Å²) in [5.74, 6) is 1.49. The predicted octanol–water partition coefficient (Wildman–Crippen LogP) is 2.24. The van der Waals surface area contributed by atoms with E-state index in [0.717, 1.165) is 50.5 Å². The second kappa shape index (κ2) is 6.87. The average Bonchev–Trinajstić information content (AvgIpc) is 2.53. The summed E-state index contributed by atoms with van der Waals surface area (Å²) in [6, 6.07) is 6.12. The van der Waals surface area contributed by atoms with Gasteiger partial charge in [0.1, 0.15) is 5.82 Å². The molecule has 0 aliphatic carbocycles. The molecule has 5 nitrogen and oxygen atoms in total. The first-order chi connectivity index (χ1) is 11.0. The van der Waals surface area contributed by atoms with E-state index in [2.05, 4.69) is 16.0 Å². The molecule has 2 fully saturated rings. The van der Waals surface area contributed by atoms with Crippen molar-refractivity contribution in [2.24, 2.45) is 5.92 Å². The lowest BCUT2D eigenvalue weighted by atomic mass is 9.94. The van der Waals surface area contributed by atoms with E-state index in [0.29, 0.717) is 5.91 Å². The van der Waals surface area contributed by atoms with Crippen LogP contribution in [-0.4, -0.2) is 54.2 Å². The van der Waals surface area contributed by atoms with E-state index in [1.54, 1.807) is 0 Å². The summed E-state index contributed by atoms with van der Waals surface area (Å²) in [7, 11) is 0. The number of rotatable bonds is 2. The van der Waals surface area contributed by atoms with Gasteiger partial charge in [-0.1, -0.05) is 6.07 Å². The molecule has 0 bridgehead atoms. The zero-order valence-corrected chi connectivity index (χ0v) is 14.4. The van der Waals surface area contributed by atoms with Crippen molar-refractivity contribution in [3.8, 4) is 0 Å². The Balaban J connectivity index is 1.57. The Morgan fingerprint density at radius 3 is 2.43 bits per heavy atom. The minimum atomic E-state index is 0.138. The molecule has 0 N–H and O–H groups in total. The summed E-state index contributed by atoms with van der Waals surface area (Å²) in [6.45, 7) is 9.36. The Hall–Kier alpha value is -1.62. The lowest BCUT2D eigenvalue weighted by Crippen LogP contribution is -2.51. The smallest absolute Gasteiger partial charge is 0.225 e. The molecule has 2 saturated heterocycles. The van der Waals surface area contributed by atoms with E-state index in [9.17, 15) is 4.79 Å². The Morgan fingerprint density at radius 2 is 1.83 bits per heavy atom. The fraction of sp³-hybridized carbons (Fsp3) is 0.667. The number of hydrogen-bond donors (Lipinski definition) is 0. The van der Waals surface area contributed by atoms with Crippen LogP contribution in [0.5, 0.6) is 0 Å². The molecule has 2 aliphatic rings. The Morgan fingerprint density at radius 1 is 1.17 bits per heavy atom. The monoisotopic (exact) mass is 317 g/mol. The third kappa shape index (κ3) is 3.83. The molecule has 0 saturated carbocycles. The average molecular weight is 317 g/mol. The minimum absolute atomic E-state index is 0.138. The number of hydrogen-bond acceptors (Lipinski definition) is 4. The van der Waals surface area contributed by atoms with Gasteiger partial charge in [0, 0.05) is 37.8 Å². The summed E-state index contributed by atoms with van der Waals surface area (Å²) in [5.41, 5.74) is 1.04. The van der Waals surface area contributed by atoms with E-state index < -0.39 is 0 Å². The van der Waals surface area contributed by atoms with Crippen molar-refractivity contribution < 1.29 is 9.53 Å². The number of morpholine rings is 1. The summed E-state index contributed by atoms with van der Waals surface area (Å²) in [6.07, 6.45) is 2.10. The fourth-order valence-corrected chi connectivity index (χ4v) is 3.68. The molecular weight excluding hydrogens is 290 g/mol. The van der Waals surface area contributed by atoms with Gasteiger partial charge in [-0.3, -0.25) is 4.79 Å². The third-order valence-corrected chi connectivity index (χ3v) is 4.77. The third-order valence-electron chi connectivity index (χ3n) is 4.77. The molecule has 1 aromatic rings. The van der Waals surface area contributed by atoms with Crippen LogP contribution in [0.2, 0.25) is 0 Å². The maximum absolute atomic E-state index is 12.8. The van der Waals surface area contributed by atoms with Crippen LogP contribution < -0.4 is 4.90 Å². The predicted molar refractivity (Wildman–Crippen MR) is 90.5 cm³/mol. The van der Waals surface area contributed by atoms with Crippen LogP contribution in [0.3, 0.4) is 0 Å². The van der Waals surface area contributed by atoms with Crippen molar-refractivity contribution in [2.75, 3.05) is 31.1 Å². The molecular formula is C18H27N3O2. The summed E-state index contributed by atoms with van der Waals surface area (Å²) in [5, 5.41) is 0. The highest BCUT2D eigenvalue weighted by molar-refractivity contribution is 5.79. The lowest BCUT2D eigenvalue weighted by Gasteiger charge is -2.39. The van der Waals surface area contributed by atoms with E-state index >= 15 is 0 Å². The van der Waals surface area contributed by atoms with Gasteiger partial charge in [0.2, 0.25) is 5.91 Å². The lowest BCUT2D eigenvalue weighted by molar-refractivity contribution is -0.148. The Labute approximate surface area is 138 Å². The number of aryl methyl sites for hydroxylation is 1. The number of anilines is 1. The molecule has 5 heteroatoms. The Bertz CT molecular complexity index is 545. The number of carbonyl (C=O) groups is 1. The zero-order chi connectivity index (χ0) is 16.4. The number of aromatic nitrogens is 1. The number of piperidine rings is 1. The maximum Gasteiger partial charge on any atom is 0.225 e. The number of ether oxygens (including phenoxy) is 1. The summed E-state index contributed by atoms with van der Waals surface area (Å²) < 4.78 is 5.73. The molecule has 3 rings (SSSR count). The molecule has 126 valence electrons. The highest BCUT2D eigenvalue weighted by Gasteiger charge is 2.32. The van der Waals surface area contributed by atoms with E-state index in [1.165, 1.54) is 0 Å². The van der Waals surface area contributed by atoms with Gasteiger partial charge in [0.25, 0.3) is 0 Å². The molecule has 1 aromatic heterocycles. The van der Waals surface area contributed by atoms with Gasteiger partial charge >= 0.3 is 0 Å². The van der Waals surface area contributed by atoms with Crippen molar-refractivity contribution in [2.45, 2.75) is 45.8 Å². The van der Waals surface area contributed by atoms with Crippen LogP contribution >= 0.6 is 0 Å². The Kier molecular flexibility index (Phi) is 4.85. The minimum Gasteiger partial charge on any atom is -0.372 e. The van der Waals surface area contributed by atoms with Crippen molar-refractivity contribution in [1.82, 2.24) is 9.88 Å². The number of pyridine rings is 1. The number of carbonyl (C=O) groups excluding carboxylic acids is 1. The van der Waals surface area contributed by atoms with Crippen LogP contribution in [0.1, 0.15) is 32.4 Å². The second-order valence-electron chi connectivity index (χ2n) is 6.90. The first kappa shape index (κ1) is 16.2. The highest BCUT2D eigenvalue weighted by Crippen LogP contribution is 2.25. The van der Waals surface area contributed by atoms with E-state index in [4.69, 9.17) is 4.74 Å². The SMILES string of the molecule is Cc1cccc(N2CCC(C(=O)N3C[C@@H](C)O[C@H](C)C3)CC2)n1. The fourth-order valence-electron chi connectivity index (χ4n) is 3.68. The van der Waals surface area contributed by atoms with Crippen molar-refractivity contribution in [3.63, 3.8) is 0 Å². The van der Waals surface area contributed by atoms with Gasteiger partial charge in [0.05, 0.1) is 12.2 Å². The molecule has 1 amide bonds. The molecule has 0 spiro atoms. The van der Waals surface area contributed by atoms with Crippen LogP contribution in [0.15, 0.2) is 18.2 Å². The van der Waals surface area contributed by atoms with Crippen LogP contribution in [0, 0.1) is 12.8 Å². The molecule has 3 heterocycles. The molecule has 0 unspecified atom stereocenters. The quantitative estimate of drug-likeness (QED) is 0.839. The van der Waals surface area contributed by atoms with Crippen LogP contribution in [0.25, 0.3) is 0 Å². The summed E-state index contributed by atoms with van der Waals surface area (Å²) in [4.78, 5) is 21.7. The molecule has 0 radical (unpaired) electrons. The normalized spacial score (nSPS) is 26.4. The summed E-state index contributed by atoms with van der Waals surface area (Å²) >= 11 is 0. The first-order valence-corrected chi connectivity index (χ1v) is 8.66. The first-order valence-electron chi connectivity index (χ1n) is 8.66. The van der Waals surface area contributed by atoms with Crippen LogP contribution in [-0.2, 0) is 9.53 Å². The number of amides is 1. The molecule has 2 atom stereocenters. The van der Waals surface area contributed by atoms with E-state index in [1.807, 2.05) is 37.8 Å². The van der Waals surface area contributed by atoms with Gasteiger partial charge < -0.3 is 14.5 Å². The maximum atomic E-state index is 12.8. The van der Waals surface area contributed by atoms with Gasteiger partial charge in [0.15, 0.2) is 0 Å². The highest BCUT2D eigenvalue weighted by atomic mass is 16.5. The van der Waals surface area contributed by atoms with Gasteiger partial charge in [-0.25, -0.2) is 4.98 Å². The van der Waals surface area contributed by atoms with Crippen molar-refractivity contribution in [1.29, 1.82) is 0 Å². The zero-order valence-electron chi connectivity index (χ0n) is 14.4. The second-order valence-corrected chi connectivity index (χ2v) is 6.90. The molecule has 0 aromatic carbocycles. The van der Waals surface area contributed by atoms with E-state index in [-0.39, 0.29) is 18.1 Å². The van der Waals surface area contributed by atoms with Crippen LogP contribution in [0.4, 0.5) is 5.82 Å². The largest absolute Gasteiger partial charge is 0.372 e. The van der Waals surface area contributed by atoms with Crippen molar-refractivity contribution in [3.05, 3.63) is 23.9 Å². The van der Waals surface area contributed by atoms with Gasteiger partial charge in [-0.05, 0) is 45.7 Å². The van der Waals surface area contributed by atoms with Gasteiger partial charge in [-0.15, -0.1) is 0 Å². The van der Waals surface area contributed by atoms with Crippen molar-refractivity contribution >= 4 is 11.7 Å². The molecule has 23 heavy (non-hydrogen) atoms. The van der Waals surface area contributed by atoms with Gasteiger partial charge in [-0.2, -0.15) is 0 Å². The topological polar surface area (TPSA) is 45.7 Å². The molecule has 2 aliphatic heterocycles.